The van der Waals surface area contributed by atoms with E-state index in [1.807, 2.05) is 0 Å². The van der Waals surface area contributed by atoms with Crippen LogP contribution in [0.5, 0.6) is 0 Å². The molecule has 4 aromatic rings. The van der Waals surface area contributed by atoms with E-state index in [0.717, 1.165) is 27.1 Å². The molecule has 8 nitrogen and oxygen atoms in total. The van der Waals surface area contributed by atoms with Gasteiger partial charge in [0.15, 0.2) is 10.8 Å². The number of thiazole rings is 1. The molecular weight excluding hydrogens is 412 g/mol. The zero-order valence-electron chi connectivity index (χ0n) is 14.9. The number of carbonyl (C=O) groups is 1. The summed E-state index contributed by atoms with van der Waals surface area (Å²) in [6, 6.07) is 6.64. The number of nitrogens with zero attached hydrogens (tertiary/aromatic N) is 3. The lowest BCUT2D eigenvalue weighted by molar-refractivity contribution is 0.102. The largest absolute Gasteiger partial charge is 0.387 e. The lowest BCUT2D eigenvalue weighted by Crippen LogP contribution is -2.29. The van der Waals surface area contributed by atoms with E-state index >= 15 is 0 Å². The average molecular weight is 427 g/mol. The Bertz CT molecular complexity index is 1220. The lowest BCUT2D eigenvalue weighted by Gasteiger charge is -2.24. The van der Waals surface area contributed by atoms with Gasteiger partial charge in [-0.2, -0.15) is 5.10 Å². The first kappa shape index (κ1) is 18.2. The number of nitrogens with one attached hydrogen (secondary N) is 3. The van der Waals surface area contributed by atoms with E-state index in [9.17, 15) is 9.90 Å². The number of anilines is 1. The summed E-state index contributed by atoms with van der Waals surface area (Å²) in [5.41, 5.74) is 3.53. The molecule has 3 aromatic heterocycles. The molecular formula is C19H15ClN6O2S. The van der Waals surface area contributed by atoms with Gasteiger partial charge in [-0.25, -0.2) is 9.97 Å². The number of aromatic nitrogens is 4. The number of rotatable bonds is 3. The number of aromatic amines is 1. The van der Waals surface area contributed by atoms with Gasteiger partial charge in [0.05, 0.1) is 22.9 Å². The van der Waals surface area contributed by atoms with Crippen LogP contribution in [0, 0.1) is 0 Å². The zero-order valence-corrected chi connectivity index (χ0v) is 16.5. The average Bonchev–Trinajstić information content (AvgIpc) is 3.36. The van der Waals surface area contributed by atoms with Crippen LogP contribution in [-0.4, -0.2) is 37.7 Å². The number of halogens is 1. The molecule has 1 atom stereocenters. The number of carbonyl (C=O) groups excluding carboxylic acids is 1. The van der Waals surface area contributed by atoms with Crippen molar-refractivity contribution < 1.29 is 9.90 Å². The fourth-order valence-corrected chi connectivity index (χ4v) is 4.45. The number of H-pyrrole nitrogens is 1. The van der Waals surface area contributed by atoms with Crippen LogP contribution in [-0.2, 0) is 6.54 Å². The molecule has 10 heteroatoms. The predicted octanol–water partition coefficient (Wildman–Crippen LogP) is 3.12. The third kappa shape index (κ3) is 3.28. The maximum Gasteiger partial charge on any atom is 0.257 e. The van der Waals surface area contributed by atoms with Crippen molar-refractivity contribution in [2.75, 3.05) is 11.9 Å². The number of benzene rings is 1. The standard InChI is InChI=1S/C19H15ClN6O2S/c20-10-3-1-9(2-4-10)18(28)25-19-22-8-14(29-19)15-11-5-23-26-17(11)24-12-6-21-7-13(27)16(12)15/h1-5,8,13,21,27H,6-7H2,(H,22,25,28)(H,23,24,26). The van der Waals surface area contributed by atoms with Gasteiger partial charge >= 0.3 is 0 Å². The van der Waals surface area contributed by atoms with Gasteiger partial charge in [0.1, 0.15) is 0 Å². The van der Waals surface area contributed by atoms with Crippen LogP contribution in [0.2, 0.25) is 5.02 Å². The summed E-state index contributed by atoms with van der Waals surface area (Å²) < 4.78 is 0. The molecule has 5 rings (SSSR count). The topological polar surface area (TPSA) is 116 Å². The molecule has 0 spiro atoms. The predicted molar refractivity (Wildman–Crippen MR) is 111 cm³/mol. The molecule has 0 aliphatic carbocycles. The maximum atomic E-state index is 12.5. The molecule has 4 heterocycles. The Labute approximate surface area is 174 Å². The summed E-state index contributed by atoms with van der Waals surface area (Å²) in [5.74, 6) is -0.267. The molecule has 1 unspecified atom stereocenters. The van der Waals surface area contributed by atoms with E-state index in [1.165, 1.54) is 11.3 Å². The van der Waals surface area contributed by atoms with Gasteiger partial charge in [0, 0.05) is 46.4 Å². The molecule has 0 fully saturated rings. The minimum absolute atomic E-state index is 0.267. The van der Waals surface area contributed by atoms with Crippen LogP contribution in [0.1, 0.15) is 27.7 Å². The monoisotopic (exact) mass is 426 g/mol. The summed E-state index contributed by atoms with van der Waals surface area (Å²) in [4.78, 5) is 22.2. The molecule has 0 radical (unpaired) electrons. The third-order valence-corrected chi connectivity index (χ3v) is 5.94. The Morgan fingerprint density at radius 3 is 2.93 bits per heavy atom. The second-order valence-corrected chi connectivity index (χ2v) is 8.08. The van der Waals surface area contributed by atoms with Crippen molar-refractivity contribution in [1.82, 2.24) is 25.5 Å². The van der Waals surface area contributed by atoms with Gasteiger partial charge in [0.2, 0.25) is 0 Å². The first-order valence-electron chi connectivity index (χ1n) is 8.88. The summed E-state index contributed by atoms with van der Waals surface area (Å²) >= 11 is 7.21. The van der Waals surface area contributed by atoms with E-state index in [2.05, 4.69) is 30.8 Å². The van der Waals surface area contributed by atoms with Crippen molar-refractivity contribution in [1.29, 1.82) is 0 Å². The highest BCUT2D eigenvalue weighted by molar-refractivity contribution is 7.19. The molecule has 1 aliphatic rings. The van der Waals surface area contributed by atoms with Crippen LogP contribution < -0.4 is 10.6 Å². The Balaban J connectivity index is 1.53. The number of amides is 1. The van der Waals surface area contributed by atoms with Crippen molar-refractivity contribution in [2.24, 2.45) is 0 Å². The first-order valence-corrected chi connectivity index (χ1v) is 10.1. The number of β-amino-alcohol motifs (C(OH)–C–C–N with tert-alkyl or cyclic N) is 1. The Kier molecular flexibility index (Phi) is 4.51. The Morgan fingerprint density at radius 1 is 1.28 bits per heavy atom. The molecule has 4 N–H and O–H groups in total. The van der Waals surface area contributed by atoms with Crippen LogP contribution in [0.25, 0.3) is 21.5 Å². The highest BCUT2D eigenvalue weighted by Crippen LogP contribution is 2.40. The van der Waals surface area contributed by atoms with Gasteiger partial charge in [0.25, 0.3) is 5.91 Å². The maximum absolute atomic E-state index is 12.5. The van der Waals surface area contributed by atoms with Crippen molar-refractivity contribution in [3.8, 4) is 10.4 Å². The van der Waals surface area contributed by atoms with Gasteiger partial charge in [-0.15, -0.1) is 0 Å². The summed E-state index contributed by atoms with van der Waals surface area (Å²) in [6.45, 7) is 1.01. The smallest absolute Gasteiger partial charge is 0.257 e. The number of hydrogen-bond acceptors (Lipinski definition) is 7. The molecule has 146 valence electrons. The van der Waals surface area contributed by atoms with E-state index < -0.39 is 6.10 Å². The normalized spacial score (nSPS) is 16.0. The SMILES string of the molecule is O=C(Nc1ncc(-c2c3c(nc4[nH]ncc24)CNCC3O)s1)c1ccc(Cl)cc1. The summed E-state index contributed by atoms with van der Waals surface area (Å²) in [5, 5.41) is 25.4. The van der Waals surface area contributed by atoms with Crippen molar-refractivity contribution in [3.05, 3.63) is 58.5 Å². The molecule has 0 bridgehead atoms. The summed E-state index contributed by atoms with van der Waals surface area (Å²) in [7, 11) is 0. The van der Waals surface area contributed by atoms with Gasteiger partial charge < -0.3 is 10.4 Å². The molecule has 1 aromatic carbocycles. The fraction of sp³-hybridized carbons (Fsp3) is 0.158. The number of hydrogen-bond donors (Lipinski definition) is 4. The molecule has 29 heavy (non-hydrogen) atoms. The molecule has 0 saturated carbocycles. The van der Waals surface area contributed by atoms with Crippen molar-refractivity contribution in [2.45, 2.75) is 12.6 Å². The Hall–Kier alpha value is -2.85. The fourth-order valence-electron chi connectivity index (χ4n) is 3.44. The van der Waals surface area contributed by atoms with Crippen LogP contribution in [0.4, 0.5) is 5.13 Å². The van der Waals surface area contributed by atoms with Crippen molar-refractivity contribution >= 4 is 45.0 Å². The second-order valence-electron chi connectivity index (χ2n) is 6.62. The van der Waals surface area contributed by atoms with E-state index in [4.69, 9.17) is 11.6 Å². The van der Waals surface area contributed by atoms with Crippen LogP contribution >= 0.6 is 22.9 Å². The van der Waals surface area contributed by atoms with Gasteiger partial charge in [-0.3, -0.25) is 15.2 Å². The van der Waals surface area contributed by atoms with Crippen LogP contribution in [0.15, 0.2) is 36.7 Å². The van der Waals surface area contributed by atoms with Gasteiger partial charge in [-0.05, 0) is 24.3 Å². The zero-order chi connectivity index (χ0) is 20.0. The quantitative estimate of drug-likeness (QED) is 0.400. The number of fused-ring (bicyclic) bond motifs is 2. The minimum atomic E-state index is -0.685. The van der Waals surface area contributed by atoms with Crippen molar-refractivity contribution in [3.63, 3.8) is 0 Å². The minimum Gasteiger partial charge on any atom is -0.387 e. The molecule has 1 amide bonds. The van der Waals surface area contributed by atoms with Gasteiger partial charge in [-0.1, -0.05) is 22.9 Å². The highest BCUT2D eigenvalue weighted by atomic mass is 35.5. The highest BCUT2D eigenvalue weighted by Gasteiger charge is 2.27. The summed E-state index contributed by atoms with van der Waals surface area (Å²) in [6.07, 6.45) is 2.70. The number of pyridine rings is 1. The van der Waals surface area contributed by atoms with E-state index in [-0.39, 0.29) is 5.91 Å². The van der Waals surface area contributed by atoms with E-state index in [0.29, 0.717) is 34.5 Å². The number of aliphatic hydroxyl groups is 1. The number of aliphatic hydroxyl groups excluding tert-OH is 1. The first-order chi connectivity index (χ1) is 14.1. The van der Waals surface area contributed by atoms with E-state index in [1.54, 1.807) is 36.7 Å². The second kappa shape index (κ2) is 7.20. The lowest BCUT2D eigenvalue weighted by atomic mass is 9.95. The Morgan fingerprint density at radius 2 is 2.10 bits per heavy atom. The van der Waals surface area contributed by atoms with Crippen LogP contribution in [0.3, 0.4) is 0 Å². The third-order valence-electron chi connectivity index (χ3n) is 4.76. The molecule has 1 aliphatic heterocycles. The molecule has 0 saturated heterocycles.